The van der Waals surface area contributed by atoms with Crippen LogP contribution in [0.2, 0.25) is 0 Å². The van der Waals surface area contributed by atoms with E-state index in [1.54, 1.807) is 6.33 Å². The van der Waals surface area contributed by atoms with E-state index in [0.29, 0.717) is 13.0 Å². The average Bonchev–Trinajstić information content (AvgIpc) is 2.89. The Morgan fingerprint density at radius 2 is 2.30 bits per heavy atom. The highest BCUT2D eigenvalue weighted by molar-refractivity contribution is 5.82. The Hall–Kier alpha value is -2.05. The molecule has 0 saturated carbocycles. The molecular formula is C13H19N3O4. The number of aromatic nitrogens is 2. The maximum absolute atomic E-state index is 12.1. The lowest BCUT2D eigenvalue weighted by molar-refractivity contribution is -0.147. The van der Waals surface area contributed by atoms with Crippen molar-refractivity contribution in [3.63, 3.8) is 0 Å². The Morgan fingerprint density at radius 3 is 2.95 bits per heavy atom. The number of hydrogen-bond donors (Lipinski definition) is 1. The van der Waals surface area contributed by atoms with E-state index in [4.69, 9.17) is 9.47 Å². The van der Waals surface area contributed by atoms with Gasteiger partial charge >= 0.3 is 12.1 Å². The van der Waals surface area contributed by atoms with Crippen LogP contribution in [0.3, 0.4) is 0 Å². The van der Waals surface area contributed by atoms with E-state index < -0.39 is 18.1 Å². The minimum atomic E-state index is -0.685. The number of H-pyrrole nitrogens is 1. The van der Waals surface area contributed by atoms with Crippen molar-refractivity contribution in [2.75, 3.05) is 13.7 Å². The smallest absolute Gasteiger partial charge is 0.410 e. The first-order chi connectivity index (χ1) is 9.52. The number of imidazole rings is 1. The second-order valence-electron chi connectivity index (χ2n) is 5.17. The molecule has 1 unspecified atom stereocenters. The Morgan fingerprint density at radius 1 is 1.55 bits per heavy atom. The fourth-order valence-electron chi connectivity index (χ4n) is 2.10. The highest BCUT2D eigenvalue weighted by Gasteiger charge is 2.37. The van der Waals surface area contributed by atoms with Gasteiger partial charge in [-0.05, 0) is 5.92 Å². The van der Waals surface area contributed by atoms with Gasteiger partial charge in [0.05, 0.1) is 38.0 Å². The first kappa shape index (κ1) is 14.4. The summed E-state index contributed by atoms with van der Waals surface area (Å²) in [7, 11) is 1.31. The monoisotopic (exact) mass is 281 g/mol. The molecule has 20 heavy (non-hydrogen) atoms. The van der Waals surface area contributed by atoms with Crippen LogP contribution in [0, 0.1) is 5.92 Å². The second kappa shape index (κ2) is 5.94. The number of amides is 1. The van der Waals surface area contributed by atoms with Crippen LogP contribution in [0.1, 0.15) is 25.2 Å². The van der Waals surface area contributed by atoms with E-state index in [1.165, 1.54) is 12.0 Å². The first-order valence-corrected chi connectivity index (χ1v) is 6.55. The molecule has 0 bridgehead atoms. The van der Waals surface area contributed by atoms with Gasteiger partial charge in [-0.25, -0.2) is 14.6 Å². The van der Waals surface area contributed by atoms with Crippen LogP contribution in [-0.2, 0) is 27.2 Å². The highest BCUT2D eigenvalue weighted by atomic mass is 16.6. The van der Waals surface area contributed by atoms with Crippen molar-refractivity contribution in [2.45, 2.75) is 32.9 Å². The van der Waals surface area contributed by atoms with Gasteiger partial charge < -0.3 is 14.5 Å². The van der Waals surface area contributed by atoms with Crippen LogP contribution in [0.4, 0.5) is 4.79 Å². The average molecular weight is 281 g/mol. The van der Waals surface area contributed by atoms with Crippen LogP contribution in [0.15, 0.2) is 6.33 Å². The van der Waals surface area contributed by atoms with Crippen molar-refractivity contribution in [3.05, 3.63) is 17.7 Å². The number of nitrogens with one attached hydrogen (secondary N) is 1. The Balaban J connectivity index is 2.15. The number of rotatable bonds is 3. The summed E-state index contributed by atoms with van der Waals surface area (Å²) in [5, 5.41) is 0. The van der Waals surface area contributed by atoms with Gasteiger partial charge in [0.25, 0.3) is 0 Å². The number of ether oxygens (including phenoxy) is 2. The lowest BCUT2D eigenvalue weighted by Gasteiger charge is -2.32. The van der Waals surface area contributed by atoms with E-state index in [1.807, 2.05) is 13.8 Å². The van der Waals surface area contributed by atoms with Gasteiger partial charge in [0, 0.05) is 6.42 Å². The minimum Gasteiger partial charge on any atom is -0.467 e. The van der Waals surface area contributed by atoms with Gasteiger partial charge in [-0.15, -0.1) is 0 Å². The Bertz CT molecular complexity index is 498. The van der Waals surface area contributed by atoms with E-state index in [-0.39, 0.29) is 12.5 Å². The second-order valence-corrected chi connectivity index (χ2v) is 5.17. The molecule has 0 fully saturated rings. The zero-order valence-corrected chi connectivity index (χ0v) is 11.9. The predicted octanol–water partition coefficient (Wildman–Crippen LogP) is 1.10. The summed E-state index contributed by atoms with van der Waals surface area (Å²) < 4.78 is 9.97. The number of carbonyl (C=O) groups excluding carboxylic acids is 2. The summed E-state index contributed by atoms with van der Waals surface area (Å²) in [6.07, 6.45) is 1.39. The summed E-state index contributed by atoms with van der Waals surface area (Å²) in [4.78, 5) is 32.5. The molecule has 1 aromatic rings. The Kier molecular flexibility index (Phi) is 4.26. The van der Waals surface area contributed by atoms with Gasteiger partial charge in [-0.3, -0.25) is 4.90 Å². The van der Waals surface area contributed by atoms with Crippen molar-refractivity contribution in [1.29, 1.82) is 0 Å². The topological polar surface area (TPSA) is 84.5 Å². The fourth-order valence-corrected chi connectivity index (χ4v) is 2.10. The van der Waals surface area contributed by atoms with Crippen LogP contribution in [0.25, 0.3) is 0 Å². The molecule has 7 heteroatoms. The SMILES string of the molecule is COC(=O)C1Cc2nc[nH]c2CN1C(=O)OCC(C)C. The van der Waals surface area contributed by atoms with Crippen LogP contribution in [0.5, 0.6) is 0 Å². The summed E-state index contributed by atoms with van der Waals surface area (Å²) in [5.41, 5.74) is 1.61. The number of methoxy groups -OCH3 is 1. The first-order valence-electron chi connectivity index (χ1n) is 6.55. The molecule has 110 valence electrons. The van der Waals surface area contributed by atoms with Gasteiger partial charge in [-0.1, -0.05) is 13.8 Å². The van der Waals surface area contributed by atoms with Crippen molar-refractivity contribution in [3.8, 4) is 0 Å². The molecule has 7 nitrogen and oxygen atoms in total. The zero-order chi connectivity index (χ0) is 14.7. The largest absolute Gasteiger partial charge is 0.467 e. The summed E-state index contributed by atoms with van der Waals surface area (Å²) in [6, 6.07) is -0.685. The number of aromatic amines is 1. The zero-order valence-electron chi connectivity index (χ0n) is 11.9. The molecule has 2 rings (SSSR count). The molecule has 1 aromatic heterocycles. The molecule has 0 saturated heterocycles. The lowest BCUT2D eigenvalue weighted by atomic mass is 10.0. The molecule has 0 aromatic carbocycles. The maximum atomic E-state index is 12.1. The van der Waals surface area contributed by atoms with Gasteiger partial charge in [0.2, 0.25) is 0 Å². The molecule has 1 aliphatic rings. The molecule has 0 aliphatic carbocycles. The number of hydrogen-bond acceptors (Lipinski definition) is 5. The molecule has 1 N–H and O–H groups in total. The highest BCUT2D eigenvalue weighted by Crippen LogP contribution is 2.22. The van der Waals surface area contributed by atoms with Crippen LogP contribution < -0.4 is 0 Å². The molecular weight excluding hydrogens is 262 g/mol. The fraction of sp³-hybridized carbons (Fsp3) is 0.615. The summed E-state index contributed by atoms with van der Waals surface area (Å²) in [5.74, 6) is -0.219. The molecule has 1 amide bonds. The van der Waals surface area contributed by atoms with Gasteiger partial charge in [0.15, 0.2) is 0 Å². The molecule has 1 aliphatic heterocycles. The molecule has 0 radical (unpaired) electrons. The number of carbonyl (C=O) groups is 2. The molecule has 2 heterocycles. The van der Waals surface area contributed by atoms with Crippen LogP contribution in [-0.4, -0.2) is 46.7 Å². The van der Waals surface area contributed by atoms with Crippen molar-refractivity contribution < 1.29 is 19.1 Å². The van der Waals surface area contributed by atoms with Gasteiger partial charge in [-0.2, -0.15) is 0 Å². The number of esters is 1. The standard InChI is InChI=1S/C13H19N3O4/c1-8(2)6-20-13(18)16-5-10-9(14-7-15-10)4-11(16)12(17)19-3/h7-8,11H,4-6H2,1-3H3,(H,14,15). The minimum absolute atomic E-state index is 0.239. The third kappa shape index (κ3) is 2.92. The van der Waals surface area contributed by atoms with Gasteiger partial charge in [0.1, 0.15) is 6.04 Å². The maximum Gasteiger partial charge on any atom is 0.410 e. The summed E-state index contributed by atoms with van der Waals surface area (Å²) >= 11 is 0. The van der Waals surface area contributed by atoms with E-state index >= 15 is 0 Å². The van der Waals surface area contributed by atoms with E-state index in [0.717, 1.165) is 11.4 Å². The Labute approximate surface area is 117 Å². The molecule has 0 spiro atoms. The van der Waals surface area contributed by atoms with E-state index in [2.05, 4.69) is 9.97 Å². The third-order valence-electron chi connectivity index (χ3n) is 3.15. The predicted molar refractivity (Wildman–Crippen MR) is 69.8 cm³/mol. The molecule has 1 atom stereocenters. The van der Waals surface area contributed by atoms with Crippen LogP contribution >= 0.6 is 0 Å². The van der Waals surface area contributed by atoms with E-state index in [9.17, 15) is 9.59 Å². The lowest BCUT2D eigenvalue weighted by Crippen LogP contribution is -2.49. The van der Waals surface area contributed by atoms with Crippen molar-refractivity contribution in [2.24, 2.45) is 5.92 Å². The summed E-state index contributed by atoms with van der Waals surface area (Å²) in [6.45, 7) is 4.49. The number of nitrogens with zero attached hydrogens (tertiary/aromatic N) is 2. The van der Waals surface area contributed by atoms with Crippen molar-refractivity contribution in [1.82, 2.24) is 14.9 Å². The number of fused-ring (bicyclic) bond motifs is 1. The normalized spacial score (nSPS) is 17.8. The quantitative estimate of drug-likeness (QED) is 0.839. The third-order valence-corrected chi connectivity index (χ3v) is 3.15. The van der Waals surface area contributed by atoms with Crippen molar-refractivity contribution >= 4 is 12.1 Å².